The van der Waals surface area contributed by atoms with E-state index in [2.05, 4.69) is 0 Å². The molecule has 2 N–H and O–H groups in total. The quantitative estimate of drug-likeness (QED) is 0.773. The number of para-hydroxylation sites is 1. The van der Waals surface area contributed by atoms with E-state index >= 15 is 0 Å². The van der Waals surface area contributed by atoms with Gasteiger partial charge in [0.05, 0.1) is 12.2 Å². The molecule has 1 aromatic rings. The molecule has 1 aromatic carbocycles. The second-order valence-electron chi connectivity index (χ2n) is 4.96. The van der Waals surface area contributed by atoms with Crippen molar-refractivity contribution in [1.29, 1.82) is 0 Å². The molecule has 0 amide bonds. The van der Waals surface area contributed by atoms with Crippen molar-refractivity contribution in [3.05, 3.63) is 29.8 Å². The van der Waals surface area contributed by atoms with Gasteiger partial charge in [-0.2, -0.15) is 0 Å². The highest BCUT2D eigenvalue weighted by Gasteiger charge is 2.09. The van der Waals surface area contributed by atoms with Crippen molar-refractivity contribution in [2.45, 2.75) is 32.8 Å². The maximum atomic E-state index is 5.70. The van der Waals surface area contributed by atoms with Crippen molar-refractivity contribution in [2.24, 2.45) is 5.73 Å². The number of rotatable bonds is 6. The van der Waals surface area contributed by atoms with E-state index < -0.39 is 0 Å². The number of hydrogen-bond acceptors (Lipinski definition) is 3. The summed E-state index contributed by atoms with van der Waals surface area (Å²) in [7, 11) is 0. The minimum atomic E-state index is -0.111. The molecular formula is C14H23NO2. The van der Waals surface area contributed by atoms with Gasteiger partial charge in [0.15, 0.2) is 0 Å². The zero-order valence-corrected chi connectivity index (χ0v) is 11.0. The average Bonchev–Trinajstić information content (AvgIpc) is 2.25. The minimum absolute atomic E-state index is 0.111. The Morgan fingerprint density at radius 1 is 1.12 bits per heavy atom. The summed E-state index contributed by atoms with van der Waals surface area (Å²) in [6, 6.07) is 8.00. The van der Waals surface area contributed by atoms with Gasteiger partial charge in [0, 0.05) is 0 Å². The lowest BCUT2D eigenvalue weighted by Crippen LogP contribution is -2.22. The van der Waals surface area contributed by atoms with Crippen LogP contribution in [-0.4, -0.2) is 25.4 Å². The molecule has 1 rings (SSSR count). The van der Waals surface area contributed by atoms with Gasteiger partial charge in [-0.05, 0) is 45.4 Å². The van der Waals surface area contributed by atoms with E-state index in [1.165, 1.54) is 0 Å². The standard InChI is InChI=1S/C14H23NO2/c1-14(2,3)17-11-10-16-13-7-5-4-6-12(13)8-9-15/h4-7H,8-11,15H2,1-3H3. The normalized spacial score (nSPS) is 11.5. The van der Waals surface area contributed by atoms with Crippen LogP contribution in [0.15, 0.2) is 24.3 Å². The maximum absolute atomic E-state index is 5.70. The SMILES string of the molecule is CC(C)(C)OCCOc1ccccc1CCN. The summed E-state index contributed by atoms with van der Waals surface area (Å²) in [4.78, 5) is 0. The van der Waals surface area contributed by atoms with Gasteiger partial charge in [-0.3, -0.25) is 0 Å². The first-order chi connectivity index (χ1) is 8.03. The molecule has 0 spiro atoms. The second-order valence-corrected chi connectivity index (χ2v) is 4.96. The predicted octanol–water partition coefficient (Wildman–Crippen LogP) is 2.38. The van der Waals surface area contributed by atoms with Crippen molar-refractivity contribution in [3.8, 4) is 5.75 Å². The van der Waals surface area contributed by atoms with Gasteiger partial charge in [0.2, 0.25) is 0 Å². The maximum Gasteiger partial charge on any atom is 0.122 e. The van der Waals surface area contributed by atoms with Crippen LogP contribution in [0.4, 0.5) is 0 Å². The first-order valence-corrected chi connectivity index (χ1v) is 6.07. The van der Waals surface area contributed by atoms with E-state index in [0.29, 0.717) is 19.8 Å². The monoisotopic (exact) mass is 237 g/mol. The van der Waals surface area contributed by atoms with Gasteiger partial charge in [-0.25, -0.2) is 0 Å². The van der Waals surface area contributed by atoms with E-state index in [1.54, 1.807) is 0 Å². The van der Waals surface area contributed by atoms with E-state index in [1.807, 2.05) is 45.0 Å². The van der Waals surface area contributed by atoms with Crippen LogP contribution < -0.4 is 10.5 Å². The Bertz CT molecular complexity index is 331. The van der Waals surface area contributed by atoms with Crippen molar-refractivity contribution in [2.75, 3.05) is 19.8 Å². The van der Waals surface area contributed by atoms with Gasteiger partial charge in [-0.1, -0.05) is 18.2 Å². The summed E-state index contributed by atoms with van der Waals surface area (Å²) < 4.78 is 11.3. The summed E-state index contributed by atoms with van der Waals surface area (Å²) in [5.41, 5.74) is 6.61. The van der Waals surface area contributed by atoms with Crippen molar-refractivity contribution < 1.29 is 9.47 Å². The molecule has 0 atom stereocenters. The Balaban J connectivity index is 2.41. The van der Waals surface area contributed by atoms with Crippen LogP contribution >= 0.6 is 0 Å². The van der Waals surface area contributed by atoms with Crippen LogP contribution in [0.1, 0.15) is 26.3 Å². The highest BCUT2D eigenvalue weighted by molar-refractivity contribution is 5.33. The summed E-state index contributed by atoms with van der Waals surface area (Å²) in [6.07, 6.45) is 0.844. The third-order valence-electron chi connectivity index (χ3n) is 2.26. The molecule has 0 aliphatic rings. The van der Waals surface area contributed by atoms with Crippen molar-refractivity contribution >= 4 is 0 Å². The van der Waals surface area contributed by atoms with E-state index in [0.717, 1.165) is 17.7 Å². The number of ether oxygens (including phenoxy) is 2. The fraction of sp³-hybridized carbons (Fsp3) is 0.571. The molecule has 0 saturated heterocycles. The first-order valence-electron chi connectivity index (χ1n) is 6.07. The first kappa shape index (κ1) is 14.0. The largest absolute Gasteiger partial charge is 0.491 e. The van der Waals surface area contributed by atoms with E-state index in [-0.39, 0.29) is 5.60 Å². The fourth-order valence-corrected chi connectivity index (χ4v) is 1.51. The Hall–Kier alpha value is -1.06. The number of nitrogens with two attached hydrogens (primary N) is 1. The van der Waals surface area contributed by atoms with Gasteiger partial charge in [0.25, 0.3) is 0 Å². The van der Waals surface area contributed by atoms with Gasteiger partial charge < -0.3 is 15.2 Å². The molecule has 3 heteroatoms. The van der Waals surface area contributed by atoms with Crippen LogP contribution in [0.3, 0.4) is 0 Å². The van der Waals surface area contributed by atoms with Crippen LogP contribution in [0.2, 0.25) is 0 Å². The second kappa shape index (κ2) is 6.62. The molecule has 0 unspecified atom stereocenters. The smallest absolute Gasteiger partial charge is 0.122 e. The average molecular weight is 237 g/mol. The lowest BCUT2D eigenvalue weighted by atomic mass is 10.1. The molecule has 0 bridgehead atoms. The molecular weight excluding hydrogens is 214 g/mol. The Kier molecular flexibility index (Phi) is 5.45. The van der Waals surface area contributed by atoms with Crippen LogP contribution in [-0.2, 0) is 11.2 Å². The van der Waals surface area contributed by atoms with Gasteiger partial charge >= 0.3 is 0 Å². The highest BCUT2D eigenvalue weighted by atomic mass is 16.5. The molecule has 17 heavy (non-hydrogen) atoms. The summed E-state index contributed by atoms with van der Waals surface area (Å²) in [5, 5.41) is 0. The molecule has 0 radical (unpaired) electrons. The molecule has 3 nitrogen and oxygen atoms in total. The topological polar surface area (TPSA) is 44.5 Å². The Morgan fingerprint density at radius 3 is 2.47 bits per heavy atom. The minimum Gasteiger partial charge on any atom is -0.491 e. The third-order valence-corrected chi connectivity index (χ3v) is 2.26. The molecule has 0 fully saturated rings. The molecule has 96 valence electrons. The van der Waals surface area contributed by atoms with Crippen molar-refractivity contribution in [3.63, 3.8) is 0 Å². The van der Waals surface area contributed by atoms with E-state index in [4.69, 9.17) is 15.2 Å². The molecule has 0 heterocycles. The van der Waals surface area contributed by atoms with Crippen LogP contribution in [0.5, 0.6) is 5.75 Å². The number of benzene rings is 1. The third kappa shape index (κ3) is 5.71. The predicted molar refractivity (Wildman–Crippen MR) is 70.4 cm³/mol. The van der Waals surface area contributed by atoms with Gasteiger partial charge in [0.1, 0.15) is 12.4 Å². The lowest BCUT2D eigenvalue weighted by Gasteiger charge is -2.20. The van der Waals surface area contributed by atoms with E-state index in [9.17, 15) is 0 Å². The van der Waals surface area contributed by atoms with Crippen molar-refractivity contribution in [1.82, 2.24) is 0 Å². The summed E-state index contributed by atoms with van der Waals surface area (Å²) in [5.74, 6) is 0.912. The summed E-state index contributed by atoms with van der Waals surface area (Å²) in [6.45, 7) is 7.91. The zero-order valence-electron chi connectivity index (χ0n) is 11.0. The highest BCUT2D eigenvalue weighted by Crippen LogP contribution is 2.18. The Morgan fingerprint density at radius 2 is 1.82 bits per heavy atom. The van der Waals surface area contributed by atoms with Crippen LogP contribution in [0, 0.1) is 0 Å². The molecule has 0 aromatic heterocycles. The molecule has 0 aliphatic carbocycles. The molecule has 0 aliphatic heterocycles. The Labute approximate surface area is 104 Å². The fourth-order valence-electron chi connectivity index (χ4n) is 1.51. The zero-order chi connectivity index (χ0) is 12.7. The number of hydrogen-bond donors (Lipinski definition) is 1. The molecule has 0 saturated carbocycles. The summed E-state index contributed by atoms with van der Waals surface area (Å²) >= 11 is 0. The lowest BCUT2D eigenvalue weighted by molar-refractivity contribution is -0.0163. The van der Waals surface area contributed by atoms with Gasteiger partial charge in [-0.15, -0.1) is 0 Å². The van der Waals surface area contributed by atoms with Crippen LogP contribution in [0.25, 0.3) is 0 Å².